The standard InChI is InChI=1S/C6H7IO/c7-6(8)5-3-1-2-4-5/h3H,1-2,4H2. The Bertz CT molecular complexity index is 137. The summed E-state index contributed by atoms with van der Waals surface area (Å²) in [7, 11) is 0. The van der Waals surface area contributed by atoms with E-state index in [0.717, 1.165) is 18.4 Å². The van der Waals surface area contributed by atoms with Crippen LogP contribution >= 0.6 is 22.6 Å². The Hall–Kier alpha value is 0.140. The molecule has 0 bridgehead atoms. The summed E-state index contributed by atoms with van der Waals surface area (Å²) in [6.45, 7) is 0. The van der Waals surface area contributed by atoms with E-state index >= 15 is 0 Å². The first kappa shape index (κ1) is 6.26. The van der Waals surface area contributed by atoms with Crippen LogP contribution in [0.1, 0.15) is 19.3 Å². The summed E-state index contributed by atoms with van der Waals surface area (Å²) in [5.41, 5.74) is 1.02. The predicted molar refractivity (Wildman–Crippen MR) is 41.0 cm³/mol. The van der Waals surface area contributed by atoms with Crippen molar-refractivity contribution in [2.24, 2.45) is 0 Å². The molecular formula is C6H7IO. The molecule has 0 saturated carbocycles. The largest absolute Gasteiger partial charge is 0.283 e. The summed E-state index contributed by atoms with van der Waals surface area (Å²) in [5, 5.41) is 0. The highest BCUT2D eigenvalue weighted by molar-refractivity contribution is 14.1. The van der Waals surface area contributed by atoms with E-state index in [4.69, 9.17) is 0 Å². The lowest BCUT2D eigenvalue weighted by Crippen LogP contribution is -1.85. The van der Waals surface area contributed by atoms with E-state index in [-0.39, 0.29) is 3.79 Å². The van der Waals surface area contributed by atoms with Crippen LogP contribution in [0.4, 0.5) is 0 Å². The predicted octanol–water partition coefficient (Wildman–Crippen LogP) is 2.06. The van der Waals surface area contributed by atoms with Crippen molar-refractivity contribution in [2.75, 3.05) is 0 Å². The van der Waals surface area contributed by atoms with Gasteiger partial charge >= 0.3 is 0 Å². The number of carbonyl (C=O) groups excluding carboxylic acids is 1. The van der Waals surface area contributed by atoms with Gasteiger partial charge in [-0.1, -0.05) is 6.08 Å². The summed E-state index contributed by atoms with van der Waals surface area (Å²) < 4.78 is 0.222. The van der Waals surface area contributed by atoms with Crippen molar-refractivity contribution >= 4 is 26.4 Å². The molecule has 0 atom stereocenters. The zero-order valence-electron chi connectivity index (χ0n) is 4.48. The maximum Gasteiger partial charge on any atom is 0.218 e. The van der Waals surface area contributed by atoms with E-state index in [1.54, 1.807) is 0 Å². The Morgan fingerprint density at radius 2 is 2.50 bits per heavy atom. The number of hydrogen-bond acceptors (Lipinski definition) is 1. The first-order valence-electron chi connectivity index (χ1n) is 2.69. The second-order valence-corrected chi connectivity index (χ2v) is 2.88. The summed E-state index contributed by atoms with van der Waals surface area (Å²) in [5.74, 6) is 0. The third kappa shape index (κ3) is 1.31. The molecule has 1 nitrogen and oxygen atoms in total. The molecule has 8 heavy (non-hydrogen) atoms. The summed E-state index contributed by atoms with van der Waals surface area (Å²) in [6.07, 6.45) is 5.31. The van der Waals surface area contributed by atoms with E-state index in [0.29, 0.717) is 0 Å². The van der Waals surface area contributed by atoms with E-state index in [1.165, 1.54) is 6.42 Å². The van der Waals surface area contributed by atoms with Crippen LogP contribution in [0.2, 0.25) is 0 Å². The number of halogens is 1. The fourth-order valence-corrected chi connectivity index (χ4v) is 1.34. The average molecular weight is 222 g/mol. The molecule has 0 aromatic carbocycles. The van der Waals surface area contributed by atoms with Gasteiger partial charge in [0.1, 0.15) is 0 Å². The van der Waals surface area contributed by atoms with Gasteiger partial charge in [-0.15, -0.1) is 0 Å². The normalized spacial score (nSPS) is 18.4. The van der Waals surface area contributed by atoms with Crippen LogP contribution in [-0.2, 0) is 4.79 Å². The van der Waals surface area contributed by atoms with E-state index in [2.05, 4.69) is 0 Å². The Balaban J connectivity index is 2.57. The molecule has 0 unspecified atom stereocenters. The lowest BCUT2D eigenvalue weighted by molar-refractivity contribution is -0.106. The minimum absolute atomic E-state index is 0.222. The zero-order valence-corrected chi connectivity index (χ0v) is 6.64. The average Bonchev–Trinajstić information content (AvgIpc) is 2.12. The third-order valence-electron chi connectivity index (χ3n) is 1.29. The molecule has 1 aliphatic carbocycles. The molecule has 0 amide bonds. The molecule has 2 heteroatoms. The van der Waals surface area contributed by atoms with Crippen LogP contribution in [0.25, 0.3) is 0 Å². The fourth-order valence-electron chi connectivity index (χ4n) is 0.849. The van der Waals surface area contributed by atoms with Gasteiger partial charge in [0.15, 0.2) is 0 Å². The van der Waals surface area contributed by atoms with Gasteiger partial charge in [0.25, 0.3) is 0 Å². The van der Waals surface area contributed by atoms with Gasteiger partial charge in [0.05, 0.1) is 0 Å². The first-order valence-corrected chi connectivity index (χ1v) is 3.77. The Labute approximate surface area is 62.3 Å². The van der Waals surface area contributed by atoms with Crippen molar-refractivity contribution in [1.29, 1.82) is 0 Å². The molecule has 0 N–H and O–H groups in total. The molecule has 0 fully saturated rings. The van der Waals surface area contributed by atoms with Gasteiger partial charge in [-0.05, 0) is 19.3 Å². The van der Waals surface area contributed by atoms with E-state index < -0.39 is 0 Å². The lowest BCUT2D eigenvalue weighted by Gasteiger charge is -1.86. The Kier molecular flexibility index (Phi) is 2.05. The number of hydrogen-bond donors (Lipinski definition) is 0. The van der Waals surface area contributed by atoms with Gasteiger partial charge in [-0.3, -0.25) is 4.79 Å². The van der Waals surface area contributed by atoms with Crippen LogP contribution in [0.15, 0.2) is 11.6 Å². The quantitative estimate of drug-likeness (QED) is 0.490. The highest BCUT2D eigenvalue weighted by atomic mass is 127. The molecular weight excluding hydrogens is 215 g/mol. The molecule has 0 radical (unpaired) electrons. The molecule has 0 aromatic heterocycles. The van der Waals surface area contributed by atoms with E-state index in [1.807, 2.05) is 28.7 Å². The van der Waals surface area contributed by atoms with Gasteiger partial charge in [-0.2, -0.15) is 0 Å². The SMILES string of the molecule is O=C(I)C1=CCCC1. The summed E-state index contributed by atoms with van der Waals surface area (Å²) >= 11 is 1.84. The number of allylic oxidation sites excluding steroid dienone is 2. The van der Waals surface area contributed by atoms with Crippen molar-refractivity contribution < 1.29 is 4.79 Å². The van der Waals surface area contributed by atoms with Crippen LogP contribution in [0.5, 0.6) is 0 Å². The molecule has 0 saturated heterocycles. The van der Waals surface area contributed by atoms with Gasteiger partial charge < -0.3 is 0 Å². The topological polar surface area (TPSA) is 17.1 Å². The van der Waals surface area contributed by atoms with E-state index in [9.17, 15) is 4.79 Å². The first-order chi connectivity index (χ1) is 3.80. The molecule has 0 aromatic rings. The lowest BCUT2D eigenvalue weighted by atomic mass is 10.3. The minimum Gasteiger partial charge on any atom is -0.283 e. The second-order valence-electron chi connectivity index (χ2n) is 1.90. The van der Waals surface area contributed by atoms with Gasteiger partial charge in [0, 0.05) is 28.2 Å². The minimum atomic E-state index is 0.222. The molecule has 1 rings (SSSR count). The van der Waals surface area contributed by atoms with Crippen molar-refractivity contribution in [3.05, 3.63) is 11.6 Å². The van der Waals surface area contributed by atoms with Crippen molar-refractivity contribution in [2.45, 2.75) is 19.3 Å². The van der Waals surface area contributed by atoms with Crippen molar-refractivity contribution in [3.63, 3.8) is 0 Å². The number of carbonyl (C=O) groups is 1. The second kappa shape index (κ2) is 2.62. The van der Waals surface area contributed by atoms with Crippen molar-refractivity contribution in [1.82, 2.24) is 0 Å². The van der Waals surface area contributed by atoms with Crippen LogP contribution in [0, 0.1) is 0 Å². The maximum absolute atomic E-state index is 10.6. The molecule has 0 heterocycles. The summed E-state index contributed by atoms with van der Waals surface area (Å²) in [6, 6.07) is 0. The summed E-state index contributed by atoms with van der Waals surface area (Å²) in [4.78, 5) is 10.6. The Morgan fingerprint density at radius 3 is 2.75 bits per heavy atom. The highest BCUT2D eigenvalue weighted by Gasteiger charge is 2.08. The van der Waals surface area contributed by atoms with Crippen LogP contribution in [0.3, 0.4) is 0 Å². The van der Waals surface area contributed by atoms with Crippen molar-refractivity contribution in [3.8, 4) is 0 Å². The van der Waals surface area contributed by atoms with Gasteiger partial charge in [0.2, 0.25) is 3.79 Å². The fraction of sp³-hybridized carbons (Fsp3) is 0.500. The molecule has 0 aliphatic heterocycles. The van der Waals surface area contributed by atoms with Gasteiger partial charge in [-0.25, -0.2) is 0 Å². The third-order valence-corrected chi connectivity index (χ3v) is 1.99. The van der Waals surface area contributed by atoms with Crippen LogP contribution < -0.4 is 0 Å². The zero-order chi connectivity index (χ0) is 5.98. The van der Waals surface area contributed by atoms with Crippen LogP contribution in [-0.4, -0.2) is 3.79 Å². The molecule has 0 spiro atoms. The molecule has 1 aliphatic rings. The molecule has 44 valence electrons. The Morgan fingerprint density at radius 1 is 1.75 bits per heavy atom. The number of rotatable bonds is 1. The highest BCUT2D eigenvalue weighted by Crippen LogP contribution is 2.20. The maximum atomic E-state index is 10.6. The monoisotopic (exact) mass is 222 g/mol. The smallest absolute Gasteiger partial charge is 0.218 e.